The fourth-order valence-electron chi connectivity index (χ4n) is 1.66. The summed E-state index contributed by atoms with van der Waals surface area (Å²) in [6.45, 7) is 6.05. The molecule has 19 heavy (non-hydrogen) atoms. The molecule has 2 heterocycles. The molecule has 0 saturated carbocycles. The monoisotopic (exact) mass is 338 g/mol. The Morgan fingerprint density at radius 2 is 1.74 bits per heavy atom. The van der Waals surface area contributed by atoms with E-state index in [9.17, 15) is 0 Å². The zero-order chi connectivity index (χ0) is 13.8. The molecule has 0 bridgehead atoms. The maximum Gasteiger partial charge on any atom is 0.194 e. The maximum atomic E-state index is 4.52. The van der Waals surface area contributed by atoms with E-state index in [1.807, 2.05) is 26.0 Å². The smallest absolute Gasteiger partial charge is 0.194 e. The van der Waals surface area contributed by atoms with Crippen LogP contribution >= 0.6 is 27.7 Å². The van der Waals surface area contributed by atoms with Gasteiger partial charge >= 0.3 is 0 Å². The summed E-state index contributed by atoms with van der Waals surface area (Å²) >= 11 is 4.89. The predicted octanol–water partition coefficient (Wildman–Crippen LogP) is 3.75. The van der Waals surface area contributed by atoms with Crippen LogP contribution in [0.1, 0.15) is 30.6 Å². The quantitative estimate of drug-likeness (QED) is 0.627. The summed E-state index contributed by atoms with van der Waals surface area (Å²) in [7, 11) is 0. The SMILES string of the molecule is CCCc1nc(Br)cc(Sc2nc(C)cc(C)n2)n1. The van der Waals surface area contributed by atoms with E-state index in [1.54, 1.807) is 0 Å². The van der Waals surface area contributed by atoms with E-state index < -0.39 is 0 Å². The van der Waals surface area contributed by atoms with Gasteiger partial charge in [-0.3, -0.25) is 0 Å². The second-order valence-electron chi connectivity index (χ2n) is 4.23. The minimum absolute atomic E-state index is 0.727. The van der Waals surface area contributed by atoms with Crippen LogP contribution in [0, 0.1) is 13.8 Å². The van der Waals surface area contributed by atoms with Crippen molar-refractivity contribution in [2.75, 3.05) is 0 Å². The number of hydrogen-bond acceptors (Lipinski definition) is 5. The largest absolute Gasteiger partial charge is 0.228 e. The number of rotatable bonds is 4. The number of aryl methyl sites for hydroxylation is 3. The molecule has 0 unspecified atom stereocenters. The molecule has 0 saturated heterocycles. The third-order valence-corrected chi connectivity index (χ3v) is 3.54. The molecule has 2 aromatic rings. The van der Waals surface area contributed by atoms with E-state index in [-0.39, 0.29) is 0 Å². The lowest BCUT2D eigenvalue weighted by Crippen LogP contribution is -1.98. The third-order valence-electron chi connectivity index (χ3n) is 2.35. The summed E-state index contributed by atoms with van der Waals surface area (Å²) in [5.41, 5.74) is 1.94. The van der Waals surface area contributed by atoms with Gasteiger partial charge in [0.05, 0.1) is 0 Å². The minimum atomic E-state index is 0.727. The van der Waals surface area contributed by atoms with Crippen molar-refractivity contribution in [2.45, 2.75) is 43.8 Å². The van der Waals surface area contributed by atoms with E-state index in [0.717, 1.165) is 44.8 Å². The lowest BCUT2D eigenvalue weighted by Gasteiger charge is -2.05. The number of nitrogens with zero attached hydrogens (tertiary/aromatic N) is 4. The lowest BCUT2D eigenvalue weighted by atomic mass is 10.3. The molecule has 0 N–H and O–H groups in total. The standard InChI is InChI=1S/C13H15BrN4S/c1-4-5-11-17-10(14)7-12(18-11)19-13-15-8(2)6-9(3)16-13/h6-7H,4-5H2,1-3H3. The number of halogens is 1. The van der Waals surface area contributed by atoms with Crippen LogP contribution in [0.2, 0.25) is 0 Å². The first kappa shape index (κ1) is 14.4. The molecule has 100 valence electrons. The summed E-state index contributed by atoms with van der Waals surface area (Å²) in [6, 6.07) is 3.85. The Hall–Kier alpha value is -1.01. The van der Waals surface area contributed by atoms with Crippen molar-refractivity contribution in [2.24, 2.45) is 0 Å². The maximum absolute atomic E-state index is 4.52. The molecule has 2 rings (SSSR count). The van der Waals surface area contributed by atoms with Crippen LogP contribution in [-0.4, -0.2) is 19.9 Å². The van der Waals surface area contributed by atoms with E-state index in [0.29, 0.717) is 0 Å². The first-order valence-corrected chi connectivity index (χ1v) is 7.71. The summed E-state index contributed by atoms with van der Waals surface area (Å²) in [6.07, 6.45) is 1.90. The topological polar surface area (TPSA) is 51.6 Å². The highest BCUT2D eigenvalue weighted by Gasteiger charge is 2.07. The molecule has 0 spiro atoms. The van der Waals surface area contributed by atoms with Gasteiger partial charge in [-0.25, -0.2) is 19.9 Å². The molecular formula is C13H15BrN4S. The second-order valence-corrected chi connectivity index (χ2v) is 6.03. The Kier molecular flexibility index (Phi) is 4.87. The van der Waals surface area contributed by atoms with Crippen molar-refractivity contribution in [3.63, 3.8) is 0 Å². The molecule has 2 aromatic heterocycles. The van der Waals surface area contributed by atoms with E-state index in [1.165, 1.54) is 11.8 Å². The molecule has 0 radical (unpaired) electrons. The van der Waals surface area contributed by atoms with Gasteiger partial charge in [0.1, 0.15) is 15.5 Å². The number of hydrogen-bond donors (Lipinski definition) is 0. The van der Waals surface area contributed by atoms with Crippen molar-refractivity contribution in [3.05, 3.63) is 33.9 Å². The second kappa shape index (κ2) is 6.43. The molecular weight excluding hydrogens is 324 g/mol. The summed E-state index contributed by atoms with van der Waals surface area (Å²) in [4.78, 5) is 17.7. The molecule has 4 nitrogen and oxygen atoms in total. The average molecular weight is 339 g/mol. The Morgan fingerprint density at radius 3 is 2.37 bits per heavy atom. The molecule has 0 aliphatic heterocycles. The highest BCUT2D eigenvalue weighted by Crippen LogP contribution is 2.25. The van der Waals surface area contributed by atoms with Crippen molar-refractivity contribution < 1.29 is 0 Å². The predicted molar refractivity (Wildman–Crippen MR) is 79.4 cm³/mol. The van der Waals surface area contributed by atoms with Crippen LogP contribution < -0.4 is 0 Å². The first-order valence-electron chi connectivity index (χ1n) is 6.10. The molecule has 6 heteroatoms. The van der Waals surface area contributed by atoms with Gasteiger partial charge < -0.3 is 0 Å². The van der Waals surface area contributed by atoms with Crippen LogP contribution in [-0.2, 0) is 6.42 Å². The Balaban J connectivity index is 2.27. The van der Waals surface area contributed by atoms with Crippen LogP contribution in [0.3, 0.4) is 0 Å². The average Bonchev–Trinajstić information content (AvgIpc) is 2.26. The fourth-order valence-corrected chi connectivity index (χ4v) is 3.12. The van der Waals surface area contributed by atoms with Crippen LogP contribution in [0.5, 0.6) is 0 Å². The van der Waals surface area contributed by atoms with Crippen molar-refractivity contribution in [3.8, 4) is 0 Å². The van der Waals surface area contributed by atoms with Crippen molar-refractivity contribution >= 4 is 27.7 Å². The molecule has 0 fully saturated rings. The van der Waals surface area contributed by atoms with Gasteiger partial charge in [0.2, 0.25) is 0 Å². The van der Waals surface area contributed by atoms with Crippen molar-refractivity contribution in [1.82, 2.24) is 19.9 Å². The molecule has 0 aliphatic carbocycles. The summed E-state index contributed by atoms with van der Waals surface area (Å²) < 4.78 is 0.804. The van der Waals surface area contributed by atoms with Crippen molar-refractivity contribution in [1.29, 1.82) is 0 Å². The Bertz CT molecular complexity index is 569. The van der Waals surface area contributed by atoms with Gasteiger partial charge in [0.15, 0.2) is 5.16 Å². The van der Waals surface area contributed by atoms with E-state index in [4.69, 9.17) is 0 Å². The zero-order valence-corrected chi connectivity index (χ0v) is 13.5. The van der Waals surface area contributed by atoms with Crippen LogP contribution in [0.15, 0.2) is 26.9 Å². The van der Waals surface area contributed by atoms with Gasteiger partial charge in [0, 0.05) is 23.9 Å². The van der Waals surface area contributed by atoms with Crippen LogP contribution in [0.25, 0.3) is 0 Å². The fraction of sp³-hybridized carbons (Fsp3) is 0.385. The first-order chi connectivity index (χ1) is 9.06. The summed E-state index contributed by atoms with van der Waals surface area (Å²) in [5.74, 6) is 0.851. The normalized spacial score (nSPS) is 10.7. The van der Waals surface area contributed by atoms with E-state index in [2.05, 4.69) is 42.8 Å². The molecule has 0 amide bonds. The van der Waals surface area contributed by atoms with Gasteiger partial charge in [-0.2, -0.15) is 0 Å². The summed E-state index contributed by atoms with van der Waals surface area (Å²) in [5, 5.41) is 1.60. The zero-order valence-electron chi connectivity index (χ0n) is 11.1. The van der Waals surface area contributed by atoms with Crippen LogP contribution in [0.4, 0.5) is 0 Å². The number of aromatic nitrogens is 4. The molecule has 0 aliphatic rings. The molecule has 0 aromatic carbocycles. The Morgan fingerprint density at radius 1 is 1.05 bits per heavy atom. The van der Waals surface area contributed by atoms with Gasteiger partial charge in [-0.15, -0.1) is 0 Å². The highest BCUT2D eigenvalue weighted by atomic mass is 79.9. The Labute approximate surface area is 125 Å². The third kappa shape index (κ3) is 4.24. The lowest BCUT2D eigenvalue weighted by molar-refractivity contribution is 0.801. The van der Waals surface area contributed by atoms with E-state index >= 15 is 0 Å². The van der Waals surface area contributed by atoms with Gasteiger partial charge in [-0.05, 0) is 54.0 Å². The minimum Gasteiger partial charge on any atom is -0.228 e. The van der Waals surface area contributed by atoms with Gasteiger partial charge in [-0.1, -0.05) is 6.92 Å². The highest BCUT2D eigenvalue weighted by molar-refractivity contribution is 9.10. The molecule has 0 atom stereocenters. The van der Waals surface area contributed by atoms with Gasteiger partial charge in [0.25, 0.3) is 0 Å².